The monoisotopic (exact) mass is 224 g/mol. The van der Waals surface area contributed by atoms with Gasteiger partial charge in [-0.15, -0.1) is 5.06 Å². The van der Waals surface area contributed by atoms with Crippen LogP contribution < -0.4 is 0 Å². The summed E-state index contributed by atoms with van der Waals surface area (Å²) in [6.45, 7) is -0.00646. The van der Waals surface area contributed by atoms with Gasteiger partial charge in [-0.05, 0) is 5.53 Å². The van der Waals surface area contributed by atoms with Crippen LogP contribution >= 0.6 is 0 Å². The van der Waals surface area contributed by atoms with Crippen molar-refractivity contribution in [2.45, 2.75) is 12.8 Å². The topological polar surface area (TPSA) is 112 Å². The molecule has 0 saturated carbocycles. The third-order valence-corrected chi connectivity index (χ3v) is 1.69. The molecule has 1 heterocycles. The van der Waals surface area contributed by atoms with E-state index in [1.165, 1.54) is 6.08 Å². The maximum atomic E-state index is 11.1. The number of azide groups is 1. The van der Waals surface area contributed by atoms with Crippen LogP contribution in [0.5, 0.6) is 0 Å². The van der Waals surface area contributed by atoms with Gasteiger partial charge in [-0.25, -0.2) is 4.79 Å². The average molecular weight is 224 g/mol. The lowest BCUT2D eigenvalue weighted by molar-refractivity contribution is -0.193. The Morgan fingerprint density at radius 2 is 2.12 bits per heavy atom. The van der Waals surface area contributed by atoms with Gasteiger partial charge in [0, 0.05) is 30.4 Å². The molecule has 1 aliphatic heterocycles. The molecule has 84 valence electrons. The van der Waals surface area contributed by atoms with E-state index in [4.69, 9.17) is 5.53 Å². The van der Waals surface area contributed by atoms with Crippen LogP contribution in [0.2, 0.25) is 0 Å². The molecule has 1 saturated heterocycles. The SMILES string of the molecule is [N-]=[N+]=NC/C=C/C(=O)ON1C(=O)CCC1=O. The molecule has 16 heavy (non-hydrogen) atoms. The molecule has 0 N–H and O–H groups in total. The van der Waals surface area contributed by atoms with E-state index in [1.54, 1.807) is 0 Å². The van der Waals surface area contributed by atoms with Crippen molar-refractivity contribution in [3.63, 3.8) is 0 Å². The second-order valence-corrected chi connectivity index (χ2v) is 2.81. The molecule has 0 aromatic carbocycles. The van der Waals surface area contributed by atoms with Gasteiger partial charge in [-0.3, -0.25) is 9.59 Å². The first-order chi connectivity index (χ1) is 7.65. The summed E-state index contributed by atoms with van der Waals surface area (Å²) in [5.74, 6) is -1.94. The number of amides is 2. The molecule has 0 spiro atoms. The van der Waals surface area contributed by atoms with Crippen molar-refractivity contribution in [1.29, 1.82) is 0 Å². The van der Waals surface area contributed by atoms with Crippen molar-refractivity contribution >= 4 is 17.8 Å². The zero-order chi connectivity index (χ0) is 12.0. The van der Waals surface area contributed by atoms with Gasteiger partial charge in [0.1, 0.15) is 0 Å². The van der Waals surface area contributed by atoms with Crippen LogP contribution in [0.15, 0.2) is 17.3 Å². The lowest BCUT2D eigenvalue weighted by Crippen LogP contribution is -2.31. The normalized spacial score (nSPS) is 15.4. The third-order valence-electron chi connectivity index (χ3n) is 1.69. The number of carbonyl (C=O) groups is 3. The minimum Gasteiger partial charge on any atom is -0.326 e. The fourth-order valence-electron chi connectivity index (χ4n) is 1.01. The Morgan fingerprint density at radius 1 is 1.50 bits per heavy atom. The summed E-state index contributed by atoms with van der Waals surface area (Å²) in [4.78, 5) is 40.1. The Hall–Kier alpha value is -2.34. The van der Waals surface area contributed by atoms with Gasteiger partial charge >= 0.3 is 5.97 Å². The fourth-order valence-corrected chi connectivity index (χ4v) is 1.01. The molecule has 8 nitrogen and oxygen atoms in total. The summed E-state index contributed by atoms with van der Waals surface area (Å²) in [5.41, 5.74) is 7.94. The van der Waals surface area contributed by atoms with Crippen LogP contribution in [0.4, 0.5) is 0 Å². The van der Waals surface area contributed by atoms with E-state index in [2.05, 4.69) is 14.9 Å². The zero-order valence-corrected chi connectivity index (χ0v) is 8.20. The summed E-state index contributed by atoms with van der Waals surface area (Å²) < 4.78 is 0. The molecule has 0 aliphatic carbocycles. The summed E-state index contributed by atoms with van der Waals surface area (Å²) >= 11 is 0. The summed E-state index contributed by atoms with van der Waals surface area (Å²) in [6.07, 6.45) is 2.34. The lowest BCUT2D eigenvalue weighted by Gasteiger charge is -2.10. The number of imide groups is 1. The van der Waals surface area contributed by atoms with Crippen LogP contribution in [-0.4, -0.2) is 29.4 Å². The van der Waals surface area contributed by atoms with E-state index in [-0.39, 0.29) is 19.4 Å². The van der Waals surface area contributed by atoms with Gasteiger partial charge in [0.15, 0.2) is 0 Å². The molecule has 2 amide bonds. The highest BCUT2D eigenvalue weighted by atomic mass is 16.7. The van der Waals surface area contributed by atoms with E-state index in [1.807, 2.05) is 0 Å². The van der Waals surface area contributed by atoms with Gasteiger partial charge in [0.2, 0.25) is 0 Å². The first kappa shape index (κ1) is 11.7. The maximum absolute atomic E-state index is 11.1. The first-order valence-electron chi connectivity index (χ1n) is 4.40. The molecule has 8 heteroatoms. The largest absolute Gasteiger partial charge is 0.356 e. The molecule has 0 unspecified atom stereocenters. The maximum Gasteiger partial charge on any atom is 0.356 e. The standard InChI is InChI=1S/C8H8N4O4/c9-11-10-5-1-2-8(15)16-12-6(13)3-4-7(12)14/h1-2H,3-5H2/b2-1+. The predicted octanol–water partition coefficient (Wildman–Crippen LogP) is 0.460. The first-order valence-corrected chi connectivity index (χ1v) is 4.40. The van der Waals surface area contributed by atoms with E-state index >= 15 is 0 Å². The summed E-state index contributed by atoms with van der Waals surface area (Å²) in [7, 11) is 0. The Labute approximate surface area is 90.0 Å². The number of hydrogen-bond donors (Lipinski definition) is 0. The van der Waals surface area contributed by atoms with Crippen LogP contribution in [0, 0.1) is 0 Å². The molecular formula is C8H8N4O4. The molecule has 1 rings (SSSR count). The van der Waals surface area contributed by atoms with Crippen molar-refractivity contribution in [2.75, 3.05) is 6.54 Å². The highest BCUT2D eigenvalue weighted by Gasteiger charge is 2.32. The minimum absolute atomic E-state index is 0.00646. The second-order valence-electron chi connectivity index (χ2n) is 2.81. The lowest BCUT2D eigenvalue weighted by atomic mass is 10.4. The van der Waals surface area contributed by atoms with Crippen molar-refractivity contribution in [3.05, 3.63) is 22.6 Å². The molecule has 0 aromatic heterocycles. The average Bonchev–Trinajstić information content (AvgIpc) is 2.56. The van der Waals surface area contributed by atoms with Crippen molar-refractivity contribution in [2.24, 2.45) is 5.11 Å². The molecular weight excluding hydrogens is 216 g/mol. The van der Waals surface area contributed by atoms with Gasteiger partial charge in [-0.2, -0.15) is 0 Å². The van der Waals surface area contributed by atoms with E-state index < -0.39 is 17.8 Å². The zero-order valence-electron chi connectivity index (χ0n) is 8.20. The Morgan fingerprint density at radius 3 is 2.69 bits per heavy atom. The van der Waals surface area contributed by atoms with Gasteiger partial charge in [0.25, 0.3) is 11.8 Å². The number of rotatable bonds is 4. The summed E-state index contributed by atoms with van der Waals surface area (Å²) in [6, 6.07) is 0. The second kappa shape index (κ2) is 5.52. The van der Waals surface area contributed by atoms with Gasteiger partial charge < -0.3 is 4.84 Å². The quantitative estimate of drug-likeness (QED) is 0.227. The number of hydrogen-bond acceptors (Lipinski definition) is 5. The smallest absolute Gasteiger partial charge is 0.326 e. The van der Waals surface area contributed by atoms with Crippen LogP contribution in [-0.2, 0) is 19.2 Å². The van der Waals surface area contributed by atoms with Crippen LogP contribution in [0.3, 0.4) is 0 Å². The Kier molecular flexibility index (Phi) is 4.05. The third kappa shape index (κ3) is 3.10. The van der Waals surface area contributed by atoms with E-state index in [0.29, 0.717) is 5.06 Å². The Bertz CT molecular complexity index is 381. The number of nitrogens with zero attached hydrogens (tertiary/aromatic N) is 4. The fraction of sp³-hybridized carbons (Fsp3) is 0.375. The molecule has 0 aromatic rings. The minimum atomic E-state index is -0.864. The van der Waals surface area contributed by atoms with Crippen molar-refractivity contribution in [1.82, 2.24) is 5.06 Å². The predicted molar refractivity (Wildman–Crippen MR) is 50.3 cm³/mol. The van der Waals surface area contributed by atoms with E-state index in [9.17, 15) is 14.4 Å². The highest BCUT2D eigenvalue weighted by Crippen LogP contribution is 2.11. The molecule has 0 bridgehead atoms. The number of carbonyl (C=O) groups excluding carboxylic acids is 3. The van der Waals surface area contributed by atoms with Crippen molar-refractivity contribution in [3.8, 4) is 0 Å². The van der Waals surface area contributed by atoms with Crippen molar-refractivity contribution < 1.29 is 19.2 Å². The highest BCUT2D eigenvalue weighted by molar-refractivity contribution is 6.02. The number of hydroxylamine groups is 2. The Balaban J connectivity index is 2.45. The molecule has 0 atom stereocenters. The van der Waals surface area contributed by atoms with Gasteiger partial charge in [-0.1, -0.05) is 11.2 Å². The van der Waals surface area contributed by atoms with Gasteiger partial charge in [0.05, 0.1) is 0 Å². The van der Waals surface area contributed by atoms with Crippen LogP contribution in [0.25, 0.3) is 10.4 Å². The summed E-state index contributed by atoms with van der Waals surface area (Å²) in [5, 5.41) is 3.59. The molecule has 1 aliphatic rings. The van der Waals surface area contributed by atoms with Crippen LogP contribution in [0.1, 0.15) is 12.8 Å². The van der Waals surface area contributed by atoms with E-state index in [0.717, 1.165) is 6.08 Å². The molecule has 1 fully saturated rings. The molecule has 0 radical (unpaired) electrons.